The van der Waals surface area contributed by atoms with Gasteiger partial charge in [0.15, 0.2) is 28.2 Å². The first-order valence-corrected chi connectivity index (χ1v) is 12.4. The molecule has 4 aromatic rings. The summed E-state index contributed by atoms with van der Waals surface area (Å²) >= 11 is 1.20. The number of anilines is 1. The van der Waals surface area contributed by atoms with Crippen molar-refractivity contribution in [2.45, 2.75) is 0 Å². The van der Waals surface area contributed by atoms with E-state index in [2.05, 4.69) is 0 Å². The second-order valence-corrected chi connectivity index (χ2v) is 9.41. The summed E-state index contributed by atoms with van der Waals surface area (Å²) in [6.45, 7) is 0.268. The number of hydrogen-bond acceptors (Lipinski definition) is 8. The summed E-state index contributed by atoms with van der Waals surface area (Å²) in [5.74, 6) is 2.47. The van der Waals surface area contributed by atoms with E-state index in [1.54, 1.807) is 72.8 Å². The number of fused-ring (bicyclic) bond motifs is 2. The van der Waals surface area contributed by atoms with Gasteiger partial charge in [0.2, 0.25) is 13.6 Å². The zero-order valence-electron chi connectivity index (χ0n) is 19.5. The van der Waals surface area contributed by atoms with Crippen molar-refractivity contribution in [3.05, 3.63) is 89.3 Å². The number of benzene rings is 3. The fourth-order valence-corrected chi connectivity index (χ4v) is 5.21. The van der Waals surface area contributed by atoms with E-state index < -0.39 is 0 Å². The lowest BCUT2D eigenvalue weighted by Crippen LogP contribution is -2.28. The number of carbonyl (C=O) groups excluding carboxylic acids is 1. The van der Waals surface area contributed by atoms with Crippen LogP contribution in [0.4, 0.5) is 15.8 Å². The number of amidine groups is 1. The Bertz CT molecular complexity index is 1660. The van der Waals surface area contributed by atoms with Crippen LogP contribution < -0.4 is 23.8 Å². The fraction of sp³-hybridized carbons (Fsp3) is 0.0714. The van der Waals surface area contributed by atoms with E-state index in [1.807, 2.05) is 0 Å². The van der Waals surface area contributed by atoms with Crippen molar-refractivity contribution >= 4 is 40.3 Å². The molecule has 4 heterocycles. The molecule has 0 bridgehead atoms. The first-order valence-electron chi connectivity index (χ1n) is 11.6. The maximum absolute atomic E-state index is 14.2. The molecule has 188 valence electrons. The van der Waals surface area contributed by atoms with Crippen LogP contribution in [0.3, 0.4) is 0 Å². The third-order valence-electron chi connectivity index (χ3n) is 6.04. The summed E-state index contributed by atoms with van der Waals surface area (Å²) in [5, 5.41) is 0.430. The van der Waals surface area contributed by atoms with Gasteiger partial charge in [-0.3, -0.25) is 9.69 Å². The van der Waals surface area contributed by atoms with Crippen LogP contribution >= 0.6 is 11.8 Å². The third-order valence-corrected chi connectivity index (χ3v) is 7.01. The average Bonchev–Trinajstić information content (AvgIpc) is 3.72. The number of amides is 1. The number of aliphatic imine (C=N–C) groups is 1. The van der Waals surface area contributed by atoms with Gasteiger partial charge in [-0.1, -0.05) is 12.1 Å². The predicted molar refractivity (Wildman–Crippen MR) is 139 cm³/mol. The van der Waals surface area contributed by atoms with Crippen LogP contribution in [-0.4, -0.2) is 24.7 Å². The number of thioether (sulfide) groups is 1. The summed E-state index contributed by atoms with van der Waals surface area (Å²) in [6.07, 6.45) is 1.62. The quantitative estimate of drug-likeness (QED) is 0.285. The summed E-state index contributed by atoms with van der Waals surface area (Å²) in [5.41, 5.74) is 1.51. The molecule has 0 spiro atoms. The van der Waals surface area contributed by atoms with Crippen LogP contribution in [0.2, 0.25) is 0 Å². The molecular formula is C28H17FN2O6S. The SMILES string of the molecule is O=C1/C(=C/c2ccc(-c3ccccc3F)o2)SC(=Nc2ccc3c(c2)OCO3)N1c1ccc2c(c1)OCO2. The van der Waals surface area contributed by atoms with E-state index in [9.17, 15) is 9.18 Å². The first kappa shape index (κ1) is 22.5. The number of rotatable bonds is 4. The lowest BCUT2D eigenvalue weighted by atomic mass is 10.1. The van der Waals surface area contributed by atoms with Crippen molar-refractivity contribution in [1.82, 2.24) is 0 Å². The number of furan rings is 1. The van der Waals surface area contributed by atoms with Gasteiger partial charge >= 0.3 is 0 Å². The number of ether oxygens (including phenoxy) is 4. The second kappa shape index (κ2) is 9.00. The molecule has 8 nitrogen and oxygen atoms in total. The van der Waals surface area contributed by atoms with E-state index in [-0.39, 0.29) is 25.3 Å². The standard InChI is InChI=1S/C28H17FN2O6S/c29-20-4-2-1-3-19(20)21-10-7-18(37-21)13-26-27(32)31(17-6-9-23-25(12-17)36-15-34-23)28(38-26)30-16-5-8-22-24(11-16)35-14-33-22/h1-13H,14-15H2/b26-13-,30-28?. The fourth-order valence-electron chi connectivity index (χ4n) is 4.23. The largest absolute Gasteiger partial charge is 0.457 e. The minimum Gasteiger partial charge on any atom is -0.457 e. The van der Waals surface area contributed by atoms with Gasteiger partial charge in [0.1, 0.15) is 17.3 Å². The second-order valence-electron chi connectivity index (χ2n) is 8.40. The van der Waals surface area contributed by atoms with Gasteiger partial charge in [0, 0.05) is 18.2 Å². The van der Waals surface area contributed by atoms with Crippen LogP contribution in [0.25, 0.3) is 17.4 Å². The molecule has 3 aliphatic heterocycles. The smallest absolute Gasteiger partial charge is 0.271 e. The number of carbonyl (C=O) groups is 1. The summed E-state index contributed by atoms with van der Waals surface area (Å²) in [7, 11) is 0. The Morgan fingerprint density at radius 2 is 1.58 bits per heavy atom. The topological polar surface area (TPSA) is 82.7 Å². The Labute approximate surface area is 219 Å². The molecule has 0 saturated carbocycles. The van der Waals surface area contributed by atoms with Gasteiger partial charge in [0.05, 0.1) is 21.8 Å². The maximum Gasteiger partial charge on any atom is 0.271 e. The van der Waals surface area contributed by atoms with Crippen molar-refractivity contribution in [2.75, 3.05) is 18.5 Å². The molecule has 1 saturated heterocycles. The highest BCUT2D eigenvalue weighted by Gasteiger charge is 2.36. The molecule has 0 N–H and O–H groups in total. The van der Waals surface area contributed by atoms with E-state index in [1.165, 1.54) is 22.7 Å². The molecule has 0 radical (unpaired) electrons. The molecule has 0 atom stereocenters. The van der Waals surface area contributed by atoms with Crippen molar-refractivity contribution in [3.63, 3.8) is 0 Å². The Kier molecular flexibility index (Phi) is 5.33. The molecule has 38 heavy (non-hydrogen) atoms. The molecule has 1 amide bonds. The van der Waals surface area contributed by atoms with E-state index in [4.69, 9.17) is 28.4 Å². The average molecular weight is 529 g/mol. The van der Waals surface area contributed by atoms with E-state index in [0.717, 1.165) is 0 Å². The van der Waals surface area contributed by atoms with Gasteiger partial charge in [-0.15, -0.1) is 0 Å². The van der Waals surface area contributed by atoms with Crippen molar-refractivity contribution in [3.8, 4) is 34.3 Å². The zero-order valence-corrected chi connectivity index (χ0v) is 20.4. The van der Waals surface area contributed by atoms with Crippen molar-refractivity contribution in [1.29, 1.82) is 0 Å². The third kappa shape index (κ3) is 3.95. The molecule has 1 aromatic heterocycles. The van der Waals surface area contributed by atoms with Gasteiger partial charge < -0.3 is 23.4 Å². The highest BCUT2D eigenvalue weighted by Crippen LogP contribution is 2.43. The minimum atomic E-state index is -0.389. The van der Waals surface area contributed by atoms with Crippen LogP contribution in [0.5, 0.6) is 23.0 Å². The normalized spacial score (nSPS) is 17.7. The molecule has 0 unspecified atom stereocenters. The number of hydrogen-bond donors (Lipinski definition) is 0. The van der Waals surface area contributed by atoms with Crippen molar-refractivity contribution < 1.29 is 32.5 Å². The first-order chi connectivity index (χ1) is 18.6. The number of halogens is 1. The van der Waals surface area contributed by atoms with E-state index >= 15 is 0 Å². The molecule has 3 aromatic carbocycles. The lowest BCUT2D eigenvalue weighted by molar-refractivity contribution is -0.113. The summed E-state index contributed by atoms with van der Waals surface area (Å²) in [6, 6.07) is 20.3. The van der Waals surface area contributed by atoms with Gasteiger partial charge in [0.25, 0.3) is 5.91 Å². The molecule has 0 aliphatic carbocycles. The van der Waals surface area contributed by atoms with Gasteiger partial charge in [-0.05, 0) is 60.3 Å². The Morgan fingerprint density at radius 3 is 2.39 bits per heavy atom. The summed E-state index contributed by atoms with van der Waals surface area (Å²) < 4.78 is 41.9. The number of nitrogens with zero attached hydrogens (tertiary/aromatic N) is 2. The van der Waals surface area contributed by atoms with Crippen LogP contribution in [0.1, 0.15) is 5.76 Å². The Morgan fingerprint density at radius 1 is 0.842 bits per heavy atom. The zero-order chi connectivity index (χ0) is 25.6. The van der Waals surface area contributed by atoms with Crippen LogP contribution in [0.15, 0.2) is 87.1 Å². The molecule has 3 aliphatic rings. The lowest BCUT2D eigenvalue weighted by Gasteiger charge is -2.16. The molecule has 10 heteroatoms. The molecule has 7 rings (SSSR count). The van der Waals surface area contributed by atoms with Crippen LogP contribution in [0, 0.1) is 5.82 Å². The van der Waals surface area contributed by atoms with Gasteiger partial charge in [-0.2, -0.15) is 0 Å². The Balaban J connectivity index is 1.27. The predicted octanol–water partition coefficient (Wildman–Crippen LogP) is 6.35. The highest BCUT2D eigenvalue weighted by atomic mass is 32.2. The summed E-state index contributed by atoms with van der Waals surface area (Å²) in [4.78, 5) is 20.3. The Hall–Kier alpha value is -4.70. The minimum absolute atomic E-state index is 0.119. The maximum atomic E-state index is 14.2. The van der Waals surface area contributed by atoms with Gasteiger partial charge in [-0.25, -0.2) is 9.38 Å². The van der Waals surface area contributed by atoms with E-state index in [0.29, 0.717) is 61.5 Å². The molecule has 1 fully saturated rings. The monoisotopic (exact) mass is 528 g/mol. The molecular weight excluding hydrogens is 511 g/mol. The highest BCUT2D eigenvalue weighted by molar-refractivity contribution is 8.19. The van der Waals surface area contributed by atoms with Crippen LogP contribution in [-0.2, 0) is 4.79 Å². The van der Waals surface area contributed by atoms with Crippen molar-refractivity contribution in [2.24, 2.45) is 4.99 Å².